The van der Waals surface area contributed by atoms with Gasteiger partial charge in [0.15, 0.2) is 0 Å². The molecule has 0 spiro atoms. The van der Waals surface area contributed by atoms with E-state index in [2.05, 4.69) is 20.7 Å². The fourth-order valence-electron chi connectivity index (χ4n) is 1.64. The van der Waals surface area contributed by atoms with E-state index in [1.165, 1.54) is 11.3 Å². The molecular weight excluding hydrogens is 392 g/mol. The topological polar surface area (TPSA) is 72.2 Å². The average Bonchev–Trinajstić information content (AvgIpc) is 2.73. The van der Waals surface area contributed by atoms with Gasteiger partial charge in [0.2, 0.25) is 0 Å². The lowest BCUT2D eigenvalue weighted by Crippen LogP contribution is -2.14. The largest absolute Gasteiger partial charge is 0.389 e. The van der Waals surface area contributed by atoms with E-state index in [1.54, 1.807) is 24.3 Å². The van der Waals surface area contributed by atoms with Gasteiger partial charge in [0.25, 0.3) is 10.0 Å². The number of halogens is 1. The maximum absolute atomic E-state index is 12.4. The first-order valence-corrected chi connectivity index (χ1v) is 9.40. The number of benzene rings is 1. The second kappa shape index (κ2) is 6.04. The van der Waals surface area contributed by atoms with E-state index < -0.39 is 10.0 Å². The summed E-state index contributed by atoms with van der Waals surface area (Å²) < 4.78 is 28.5. The van der Waals surface area contributed by atoms with Crippen molar-refractivity contribution in [1.29, 1.82) is 0 Å². The molecule has 0 atom stereocenters. The molecule has 1 aromatic heterocycles. The Kier molecular flexibility index (Phi) is 4.72. The molecule has 0 bridgehead atoms. The second-order valence-corrected chi connectivity index (χ2v) is 9.24. The van der Waals surface area contributed by atoms with Crippen LogP contribution in [-0.4, -0.2) is 13.4 Å². The zero-order valence-corrected chi connectivity index (χ0v) is 15.3. The van der Waals surface area contributed by atoms with Gasteiger partial charge < -0.3 is 5.73 Å². The third-order valence-corrected chi connectivity index (χ3v) is 7.08. The van der Waals surface area contributed by atoms with Crippen molar-refractivity contribution in [2.45, 2.75) is 18.1 Å². The van der Waals surface area contributed by atoms with Crippen LogP contribution in [0.25, 0.3) is 0 Å². The fourth-order valence-corrected chi connectivity index (χ4v) is 5.12. The Balaban J connectivity index is 2.41. The maximum atomic E-state index is 12.4. The number of rotatable bonds is 4. The van der Waals surface area contributed by atoms with Crippen molar-refractivity contribution < 1.29 is 8.42 Å². The first kappa shape index (κ1) is 16.4. The highest BCUT2D eigenvalue weighted by Gasteiger charge is 2.19. The minimum absolute atomic E-state index is 0.227. The summed E-state index contributed by atoms with van der Waals surface area (Å²) in [6, 6.07) is 6.82. The lowest BCUT2D eigenvalue weighted by molar-refractivity contribution is 0.603. The number of nitrogens with one attached hydrogen (secondary N) is 1. The van der Waals surface area contributed by atoms with Crippen LogP contribution in [0.4, 0.5) is 5.69 Å². The minimum Gasteiger partial charge on any atom is -0.389 e. The molecule has 0 aliphatic rings. The van der Waals surface area contributed by atoms with Gasteiger partial charge in [-0.25, -0.2) is 8.42 Å². The molecule has 3 N–H and O–H groups in total. The summed E-state index contributed by atoms with van der Waals surface area (Å²) in [6.45, 7) is 3.66. The summed E-state index contributed by atoms with van der Waals surface area (Å²) in [7, 11) is -3.63. The van der Waals surface area contributed by atoms with E-state index in [4.69, 9.17) is 18.0 Å². The summed E-state index contributed by atoms with van der Waals surface area (Å²) in [6.07, 6.45) is 0. The number of nitrogens with two attached hydrogens (primary N) is 1. The number of thiocarbonyl (C=S) groups is 1. The Morgan fingerprint density at radius 1 is 1.29 bits per heavy atom. The molecule has 112 valence electrons. The highest BCUT2D eigenvalue weighted by molar-refractivity contribution is 9.11. The molecule has 0 saturated heterocycles. The molecule has 0 radical (unpaired) electrons. The smallest absolute Gasteiger partial charge is 0.271 e. The van der Waals surface area contributed by atoms with Crippen LogP contribution in [0, 0.1) is 13.8 Å². The number of hydrogen-bond donors (Lipinski definition) is 2. The van der Waals surface area contributed by atoms with Crippen LogP contribution in [0.2, 0.25) is 0 Å². The number of anilines is 1. The molecule has 2 rings (SSSR count). The standard InChI is InChI=1S/C13H13BrN2O2S3/c1-7-3-4-9(13(15)19)6-10(7)16-21(17,18)11-5-8(2)12(14)20-11/h3-6,16H,1-2H3,(H2,15,19). The van der Waals surface area contributed by atoms with Crippen molar-refractivity contribution >= 4 is 60.2 Å². The van der Waals surface area contributed by atoms with E-state index in [0.29, 0.717) is 11.3 Å². The minimum atomic E-state index is -3.63. The number of hydrogen-bond acceptors (Lipinski definition) is 4. The predicted molar refractivity (Wildman–Crippen MR) is 94.6 cm³/mol. The third kappa shape index (κ3) is 3.63. The lowest BCUT2D eigenvalue weighted by Gasteiger charge is -2.11. The molecule has 0 unspecified atom stereocenters. The first-order valence-electron chi connectivity index (χ1n) is 5.90. The van der Waals surface area contributed by atoms with Crippen molar-refractivity contribution in [3.05, 3.63) is 44.7 Å². The van der Waals surface area contributed by atoms with Crippen LogP contribution in [0.1, 0.15) is 16.7 Å². The van der Waals surface area contributed by atoms with Gasteiger partial charge in [-0.2, -0.15) is 0 Å². The van der Waals surface area contributed by atoms with Crippen molar-refractivity contribution in [2.75, 3.05) is 4.72 Å². The molecule has 0 fully saturated rings. The number of aryl methyl sites for hydroxylation is 2. The SMILES string of the molecule is Cc1ccc(C(N)=S)cc1NS(=O)(=O)c1cc(C)c(Br)s1. The zero-order chi connectivity index (χ0) is 15.8. The lowest BCUT2D eigenvalue weighted by atomic mass is 10.1. The fraction of sp³-hybridized carbons (Fsp3) is 0.154. The highest BCUT2D eigenvalue weighted by Crippen LogP contribution is 2.32. The van der Waals surface area contributed by atoms with Crippen molar-refractivity contribution in [3.63, 3.8) is 0 Å². The van der Waals surface area contributed by atoms with Gasteiger partial charge in [0, 0.05) is 5.56 Å². The third-order valence-electron chi connectivity index (χ3n) is 2.87. The van der Waals surface area contributed by atoms with Gasteiger partial charge in [0.1, 0.15) is 9.20 Å². The average molecular weight is 405 g/mol. The maximum Gasteiger partial charge on any atom is 0.271 e. The van der Waals surface area contributed by atoms with E-state index in [-0.39, 0.29) is 9.20 Å². The molecule has 0 aliphatic carbocycles. The van der Waals surface area contributed by atoms with E-state index in [0.717, 1.165) is 14.9 Å². The van der Waals surface area contributed by atoms with Gasteiger partial charge in [-0.05, 0) is 53.0 Å². The van der Waals surface area contributed by atoms with Crippen molar-refractivity contribution in [3.8, 4) is 0 Å². The Morgan fingerprint density at radius 2 is 1.95 bits per heavy atom. The molecular formula is C13H13BrN2O2S3. The van der Waals surface area contributed by atoms with Crippen molar-refractivity contribution in [2.24, 2.45) is 5.73 Å². The zero-order valence-electron chi connectivity index (χ0n) is 11.3. The van der Waals surface area contributed by atoms with E-state index in [1.807, 2.05) is 13.8 Å². The van der Waals surface area contributed by atoms with Crippen molar-refractivity contribution in [1.82, 2.24) is 0 Å². The van der Waals surface area contributed by atoms with Gasteiger partial charge in [-0.15, -0.1) is 11.3 Å². The molecule has 1 aromatic carbocycles. The van der Waals surface area contributed by atoms with Crippen LogP contribution in [0.5, 0.6) is 0 Å². The number of sulfonamides is 1. The molecule has 1 heterocycles. The Bertz CT molecular complexity index is 793. The summed E-state index contributed by atoms with van der Waals surface area (Å²) in [5.41, 5.74) is 8.36. The molecule has 0 aliphatic heterocycles. The van der Waals surface area contributed by atoms with E-state index >= 15 is 0 Å². The summed E-state index contributed by atoms with van der Waals surface area (Å²) >= 11 is 9.42. The predicted octanol–water partition coefficient (Wildman–Crippen LogP) is 3.56. The van der Waals surface area contributed by atoms with Gasteiger partial charge in [0.05, 0.1) is 9.47 Å². The summed E-state index contributed by atoms with van der Waals surface area (Å²) in [5, 5.41) is 0. The summed E-state index contributed by atoms with van der Waals surface area (Å²) in [5.74, 6) is 0. The van der Waals surface area contributed by atoms with Gasteiger partial charge in [-0.3, -0.25) is 4.72 Å². The van der Waals surface area contributed by atoms with Crippen LogP contribution in [0.15, 0.2) is 32.3 Å². The quantitative estimate of drug-likeness (QED) is 0.763. The summed E-state index contributed by atoms with van der Waals surface area (Å²) in [4.78, 5) is 0.227. The van der Waals surface area contributed by atoms with Crippen LogP contribution < -0.4 is 10.5 Å². The molecule has 21 heavy (non-hydrogen) atoms. The molecule has 0 amide bonds. The van der Waals surface area contributed by atoms with Crippen LogP contribution in [0.3, 0.4) is 0 Å². The molecule has 8 heteroatoms. The van der Waals surface area contributed by atoms with E-state index in [9.17, 15) is 8.42 Å². The highest BCUT2D eigenvalue weighted by atomic mass is 79.9. The van der Waals surface area contributed by atoms with Crippen LogP contribution >= 0.6 is 39.5 Å². The Hall–Kier alpha value is -0.960. The van der Waals surface area contributed by atoms with Gasteiger partial charge in [-0.1, -0.05) is 24.4 Å². The second-order valence-electron chi connectivity index (χ2n) is 4.52. The first-order chi connectivity index (χ1) is 9.70. The normalized spacial score (nSPS) is 11.4. The molecule has 0 saturated carbocycles. The van der Waals surface area contributed by atoms with Gasteiger partial charge >= 0.3 is 0 Å². The Morgan fingerprint density at radius 3 is 2.48 bits per heavy atom. The molecule has 2 aromatic rings. The molecule has 4 nitrogen and oxygen atoms in total. The Labute approximate surface area is 141 Å². The number of thiophene rings is 1. The van der Waals surface area contributed by atoms with Crippen LogP contribution in [-0.2, 0) is 10.0 Å². The monoisotopic (exact) mass is 404 g/mol.